The molecule has 0 spiro atoms. The fraction of sp³-hybridized carbons (Fsp3) is 0.250. The molecule has 1 aromatic rings. The Bertz CT molecular complexity index is 233. The molecule has 1 aromatic carbocycles. The first-order chi connectivity index (χ1) is 4.74. The Hall–Kier alpha value is -0.785. The van der Waals surface area contributed by atoms with Crippen LogP contribution in [0.3, 0.4) is 0 Å². The number of rotatable bonds is 1. The molecule has 52 valence electrons. The second-order valence-corrected chi connectivity index (χ2v) is 2.56. The largest absolute Gasteiger partial charge is 0.246 e. The fourth-order valence-corrected chi connectivity index (χ4v) is 0.996. The number of halogens is 1. The van der Waals surface area contributed by atoms with E-state index in [4.69, 9.17) is 0 Å². The maximum Gasteiger partial charge on any atom is 0.139 e. The van der Waals surface area contributed by atoms with Gasteiger partial charge in [-0.3, -0.25) is 0 Å². The Morgan fingerprint density at radius 3 is 2.70 bits per heavy atom. The number of hydrogen-bond donors (Lipinski definition) is 0. The molecule has 2 heteroatoms. The van der Waals surface area contributed by atoms with Gasteiger partial charge in [-0.2, -0.15) is 0 Å². The maximum absolute atomic E-state index is 12.1. The molecule has 0 saturated heterocycles. The third-order valence-corrected chi connectivity index (χ3v) is 1.64. The van der Waals surface area contributed by atoms with Crippen LogP contribution in [-0.2, 0) is 6.67 Å². The van der Waals surface area contributed by atoms with Crippen LogP contribution < -0.4 is 5.46 Å². The highest BCUT2D eigenvalue weighted by Gasteiger charge is 1.95. The highest BCUT2D eigenvalue weighted by Crippen LogP contribution is 2.00. The molecule has 0 atom stereocenters. The van der Waals surface area contributed by atoms with E-state index in [0.717, 1.165) is 11.0 Å². The normalized spacial score (nSPS) is 9.80. The van der Waals surface area contributed by atoms with E-state index >= 15 is 0 Å². The van der Waals surface area contributed by atoms with Gasteiger partial charge in [-0.25, -0.2) is 4.39 Å². The van der Waals surface area contributed by atoms with Crippen LogP contribution in [0.5, 0.6) is 0 Å². The van der Waals surface area contributed by atoms with E-state index in [0.29, 0.717) is 0 Å². The van der Waals surface area contributed by atoms with Gasteiger partial charge < -0.3 is 0 Å². The summed E-state index contributed by atoms with van der Waals surface area (Å²) in [7, 11) is 1.93. The van der Waals surface area contributed by atoms with E-state index < -0.39 is 0 Å². The molecule has 0 nitrogen and oxygen atoms in total. The second-order valence-electron chi connectivity index (χ2n) is 2.56. The number of hydrogen-bond acceptors (Lipinski definition) is 0. The van der Waals surface area contributed by atoms with Crippen molar-refractivity contribution < 1.29 is 4.39 Å². The number of aryl methyl sites for hydroxylation is 1. The minimum Gasteiger partial charge on any atom is -0.246 e. The lowest BCUT2D eigenvalue weighted by molar-refractivity contribution is 0.487. The third-order valence-electron chi connectivity index (χ3n) is 1.64. The van der Waals surface area contributed by atoms with Gasteiger partial charge in [0.05, 0.1) is 0 Å². The molecule has 0 N–H and O–H groups in total. The van der Waals surface area contributed by atoms with Crippen molar-refractivity contribution in [1.29, 1.82) is 0 Å². The van der Waals surface area contributed by atoms with E-state index in [1.165, 1.54) is 5.56 Å². The van der Waals surface area contributed by atoms with Gasteiger partial charge >= 0.3 is 0 Å². The molecule has 0 fully saturated rings. The Morgan fingerprint density at radius 2 is 2.20 bits per heavy atom. The van der Waals surface area contributed by atoms with Gasteiger partial charge in [-0.1, -0.05) is 29.2 Å². The van der Waals surface area contributed by atoms with Gasteiger partial charge in [-0.15, -0.1) is 0 Å². The number of benzene rings is 1. The predicted octanol–water partition coefficient (Wildman–Crippen LogP) is 0.723. The lowest BCUT2D eigenvalue weighted by atomic mass is 9.90. The first kappa shape index (κ1) is 7.32. The summed E-state index contributed by atoms with van der Waals surface area (Å²) in [6.07, 6.45) is 0. The van der Waals surface area contributed by atoms with Crippen LogP contribution in [-0.4, -0.2) is 7.85 Å². The molecular weight excluding hydrogens is 126 g/mol. The molecule has 0 bridgehead atoms. The first-order valence-corrected chi connectivity index (χ1v) is 3.36. The summed E-state index contributed by atoms with van der Waals surface area (Å²) in [6.45, 7) is 1.65. The summed E-state index contributed by atoms with van der Waals surface area (Å²) in [5.74, 6) is 0. The van der Waals surface area contributed by atoms with Crippen molar-refractivity contribution in [2.45, 2.75) is 13.6 Å². The van der Waals surface area contributed by atoms with Crippen molar-refractivity contribution >= 4 is 13.3 Å². The molecule has 0 heterocycles. The van der Waals surface area contributed by atoms with Crippen molar-refractivity contribution in [3.05, 3.63) is 29.3 Å². The van der Waals surface area contributed by atoms with Gasteiger partial charge in [-0.05, 0) is 12.5 Å². The summed E-state index contributed by atoms with van der Waals surface area (Å²) < 4.78 is 12.1. The van der Waals surface area contributed by atoms with Crippen LogP contribution >= 0.6 is 0 Å². The lowest BCUT2D eigenvalue weighted by Crippen LogP contribution is -2.08. The van der Waals surface area contributed by atoms with Crippen LogP contribution in [0, 0.1) is 6.92 Å². The minimum atomic E-state index is -0.355. The molecule has 0 aliphatic carbocycles. The monoisotopic (exact) mass is 136 g/mol. The van der Waals surface area contributed by atoms with Crippen LogP contribution in [0.2, 0.25) is 0 Å². The average Bonchev–Trinajstić information content (AvgIpc) is 1.88. The van der Waals surface area contributed by atoms with Gasteiger partial charge in [0.15, 0.2) is 0 Å². The van der Waals surface area contributed by atoms with Gasteiger partial charge in [0.25, 0.3) is 0 Å². The van der Waals surface area contributed by atoms with E-state index in [2.05, 4.69) is 0 Å². The van der Waals surface area contributed by atoms with E-state index in [9.17, 15) is 4.39 Å². The summed E-state index contributed by atoms with van der Waals surface area (Å²) in [6, 6.07) is 5.77. The zero-order chi connectivity index (χ0) is 7.56. The molecule has 0 radical (unpaired) electrons. The quantitative estimate of drug-likeness (QED) is 0.499. The Balaban J connectivity index is 3.07. The van der Waals surface area contributed by atoms with Crippen molar-refractivity contribution in [3.63, 3.8) is 0 Å². The summed E-state index contributed by atoms with van der Waals surface area (Å²) >= 11 is 0. The van der Waals surface area contributed by atoms with Crippen molar-refractivity contribution in [2.24, 2.45) is 0 Å². The Kier molecular flexibility index (Phi) is 2.10. The van der Waals surface area contributed by atoms with E-state index in [-0.39, 0.29) is 6.67 Å². The smallest absolute Gasteiger partial charge is 0.139 e. The molecule has 0 aliphatic rings. The van der Waals surface area contributed by atoms with Crippen LogP contribution in [0.1, 0.15) is 11.1 Å². The topological polar surface area (TPSA) is 0 Å². The molecule has 0 aliphatic heterocycles. The average molecular weight is 136 g/mol. The van der Waals surface area contributed by atoms with Gasteiger partial charge in [0, 0.05) is 0 Å². The molecular formula is C8H10BF. The Labute approximate surface area is 61.5 Å². The standard InChI is InChI=1S/C8H10BF/c1-6-2-3-7(5-10)8(9)4-6/h2-4H,5,9H2,1H3. The molecule has 0 unspecified atom stereocenters. The molecule has 10 heavy (non-hydrogen) atoms. The highest BCUT2D eigenvalue weighted by molar-refractivity contribution is 6.33. The van der Waals surface area contributed by atoms with Crippen LogP contribution in [0.25, 0.3) is 0 Å². The first-order valence-electron chi connectivity index (χ1n) is 3.36. The van der Waals surface area contributed by atoms with Crippen molar-refractivity contribution in [2.75, 3.05) is 0 Å². The van der Waals surface area contributed by atoms with Gasteiger partial charge in [0.2, 0.25) is 0 Å². The molecule has 0 amide bonds. The number of alkyl halides is 1. The zero-order valence-electron chi connectivity index (χ0n) is 6.32. The van der Waals surface area contributed by atoms with Crippen LogP contribution in [0.4, 0.5) is 4.39 Å². The second kappa shape index (κ2) is 2.87. The Morgan fingerprint density at radius 1 is 1.50 bits per heavy atom. The third kappa shape index (κ3) is 1.38. The van der Waals surface area contributed by atoms with Crippen LogP contribution in [0.15, 0.2) is 18.2 Å². The summed E-state index contributed by atoms with van der Waals surface area (Å²) in [4.78, 5) is 0. The van der Waals surface area contributed by atoms with Gasteiger partial charge in [0.1, 0.15) is 14.5 Å². The zero-order valence-corrected chi connectivity index (χ0v) is 6.32. The molecule has 0 aromatic heterocycles. The minimum absolute atomic E-state index is 0.355. The SMILES string of the molecule is Bc1cc(C)ccc1CF. The van der Waals surface area contributed by atoms with Crippen molar-refractivity contribution in [1.82, 2.24) is 0 Å². The molecule has 1 rings (SSSR count). The van der Waals surface area contributed by atoms with Crippen molar-refractivity contribution in [3.8, 4) is 0 Å². The summed E-state index contributed by atoms with van der Waals surface area (Å²) in [5, 5.41) is 0. The lowest BCUT2D eigenvalue weighted by Gasteiger charge is -2.00. The highest BCUT2D eigenvalue weighted by atomic mass is 19.1. The van der Waals surface area contributed by atoms with E-state index in [1.54, 1.807) is 0 Å². The molecule has 0 saturated carbocycles. The predicted molar refractivity (Wildman–Crippen MR) is 44.2 cm³/mol. The maximum atomic E-state index is 12.1. The summed E-state index contributed by atoms with van der Waals surface area (Å²) in [5.41, 5.74) is 3.03. The fourth-order valence-electron chi connectivity index (χ4n) is 0.996. The van der Waals surface area contributed by atoms with E-state index in [1.807, 2.05) is 33.0 Å².